The predicted molar refractivity (Wildman–Crippen MR) is 52.9 cm³/mol. The number of rotatable bonds is 1. The van der Waals surface area contributed by atoms with Gasteiger partial charge in [-0.2, -0.15) is 0 Å². The van der Waals surface area contributed by atoms with Crippen LogP contribution in [0.2, 0.25) is 0 Å². The van der Waals surface area contributed by atoms with Gasteiger partial charge >= 0.3 is 0 Å². The van der Waals surface area contributed by atoms with Crippen LogP contribution in [0.15, 0.2) is 23.1 Å². The first-order valence-corrected chi connectivity index (χ1v) is 4.96. The molecule has 0 unspecified atom stereocenters. The second-order valence-electron chi connectivity index (χ2n) is 3.89. The molecular formula is C11H15NO. The van der Waals surface area contributed by atoms with Gasteiger partial charge in [0.1, 0.15) is 0 Å². The molecule has 0 N–H and O–H groups in total. The van der Waals surface area contributed by atoms with Crippen molar-refractivity contribution in [2.24, 2.45) is 0 Å². The van der Waals surface area contributed by atoms with E-state index >= 15 is 0 Å². The van der Waals surface area contributed by atoms with Crippen molar-refractivity contribution in [3.05, 3.63) is 34.2 Å². The number of aromatic nitrogens is 1. The second-order valence-corrected chi connectivity index (χ2v) is 3.89. The average molecular weight is 177 g/mol. The Morgan fingerprint density at radius 2 is 2.08 bits per heavy atom. The first-order valence-electron chi connectivity index (χ1n) is 4.96. The predicted octanol–water partition coefficient (Wildman–Crippen LogP) is 2.27. The number of hydrogen-bond acceptors (Lipinski definition) is 1. The van der Waals surface area contributed by atoms with Crippen molar-refractivity contribution in [2.75, 3.05) is 0 Å². The first-order chi connectivity index (χ1) is 6.27. The SMILES string of the molecule is Cc1ccn(C2CCCC2)c(=O)c1. The molecule has 70 valence electrons. The fourth-order valence-electron chi connectivity index (χ4n) is 2.07. The van der Waals surface area contributed by atoms with E-state index in [1.165, 1.54) is 25.7 Å². The molecule has 13 heavy (non-hydrogen) atoms. The first kappa shape index (κ1) is 8.54. The van der Waals surface area contributed by atoms with Crippen molar-refractivity contribution in [1.29, 1.82) is 0 Å². The van der Waals surface area contributed by atoms with Gasteiger partial charge in [0.2, 0.25) is 0 Å². The Balaban J connectivity index is 2.34. The van der Waals surface area contributed by atoms with Crippen molar-refractivity contribution in [1.82, 2.24) is 4.57 Å². The van der Waals surface area contributed by atoms with E-state index in [9.17, 15) is 4.79 Å². The lowest BCUT2D eigenvalue weighted by Crippen LogP contribution is -2.21. The second kappa shape index (κ2) is 3.36. The number of pyridine rings is 1. The number of nitrogens with zero attached hydrogens (tertiary/aromatic N) is 1. The molecule has 1 aliphatic carbocycles. The molecule has 2 rings (SSSR count). The van der Waals surface area contributed by atoms with Crippen LogP contribution in [0.3, 0.4) is 0 Å². The summed E-state index contributed by atoms with van der Waals surface area (Å²) < 4.78 is 1.89. The highest BCUT2D eigenvalue weighted by molar-refractivity contribution is 5.08. The lowest BCUT2D eigenvalue weighted by Gasteiger charge is -2.12. The average Bonchev–Trinajstić information content (AvgIpc) is 2.56. The molecule has 0 aromatic carbocycles. The normalized spacial score (nSPS) is 17.9. The molecule has 1 aliphatic rings. The highest BCUT2D eigenvalue weighted by atomic mass is 16.1. The summed E-state index contributed by atoms with van der Waals surface area (Å²) in [6.07, 6.45) is 6.82. The quantitative estimate of drug-likeness (QED) is 0.645. The van der Waals surface area contributed by atoms with Crippen molar-refractivity contribution in [2.45, 2.75) is 38.6 Å². The molecule has 0 radical (unpaired) electrons. The zero-order valence-corrected chi connectivity index (χ0v) is 7.99. The Kier molecular flexibility index (Phi) is 2.21. The van der Waals surface area contributed by atoms with Gasteiger partial charge in [-0.15, -0.1) is 0 Å². The third-order valence-corrected chi connectivity index (χ3v) is 2.82. The Labute approximate surface area is 78.2 Å². The summed E-state index contributed by atoms with van der Waals surface area (Å²) in [6.45, 7) is 1.96. The minimum Gasteiger partial charge on any atom is -0.312 e. The largest absolute Gasteiger partial charge is 0.312 e. The van der Waals surface area contributed by atoms with Crippen LogP contribution in [0.5, 0.6) is 0 Å². The summed E-state index contributed by atoms with van der Waals surface area (Å²) in [5.74, 6) is 0. The molecule has 0 saturated heterocycles. The standard InChI is InChI=1S/C11H15NO/c1-9-6-7-12(11(13)8-9)10-4-2-3-5-10/h6-8,10H,2-5H2,1H3. The number of hydrogen-bond donors (Lipinski definition) is 0. The fraction of sp³-hybridized carbons (Fsp3) is 0.545. The Morgan fingerprint density at radius 1 is 1.38 bits per heavy atom. The smallest absolute Gasteiger partial charge is 0.251 e. The fourth-order valence-corrected chi connectivity index (χ4v) is 2.07. The third kappa shape index (κ3) is 1.67. The summed E-state index contributed by atoms with van der Waals surface area (Å²) in [6, 6.07) is 4.20. The van der Waals surface area contributed by atoms with Gasteiger partial charge in [-0.3, -0.25) is 4.79 Å². The molecule has 1 aromatic heterocycles. The maximum atomic E-state index is 11.6. The molecule has 2 heteroatoms. The summed E-state index contributed by atoms with van der Waals surface area (Å²) >= 11 is 0. The van der Waals surface area contributed by atoms with Gasteiger partial charge in [0.05, 0.1) is 0 Å². The zero-order chi connectivity index (χ0) is 9.26. The van der Waals surface area contributed by atoms with Gasteiger partial charge in [-0.1, -0.05) is 12.8 Å². The topological polar surface area (TPSA) is 22.0 Å². The van der Waals surface area contributed by atoms with Gasteiger partial charge in [-0.25, -0.2) is 0 Å². The molecule has 0 spiro atoms. The van der Waals surface area contributed by atoms with Crippen molar-refractivity contribution >= 4 is 0 Å². The van der Waals surface area contributed by atoms with Crippen LogP contribution in [-0.4, -0.2) is 4.57 Å². The van der Waals surface area contributed by atoms with Gasteiger partial charge in [0.15, 0.2) is 0 Å². The Morgan fingerprint density at radius 3 is 2.69 bits per heavy atom. The lowest BCUT2D eigenvalue weighted by atomic mass is 10.2. The number of aryl methyl sites for hydroxylation is 1. The third-order valence-electron chi connectivity index (χ3n) is 2.82. The molecule has 0 aliphatic heterocycles. The van der Waals surface area contributed by atoms with E-state index in [4.69, 9.17) is 0 Å². The summed E-state index contributed by atoms with van der Waals surface area (Å²) in [5, 5.41) is 0. The Bertz CT molecular complexity index is 347. The van der Waals surface area contributed by atoms with Gasteiger partial charge < -0.3 is 4.57 Å². The van der Waals surface area contributed by atoms with E-state index < -0.39 is 0 Å². The highest BCUT2D eigenvalue weighted by Crippen LogP contribution is 2.27. The van der Waals surface area contributed by atoms with Crippen LogP contribution in [-0.2, 0) is 0 Å². The van der Waals surface area contributed by atoms with Crippen LogP contribution in [0.4, 0.5) is 0 Å². The van der Waals surface area contributed by atoms with Gasteiger partial charge in [0, 0.05) is 18.3 Å². The molecule has 1 fully saturated rings. The Hall–Kier alpha value is -1.05. The van der Waals surface area contributed by atoms with Gasteiger partial charge in [0.25, 0.3) is 5.56 Å². The van der Waals surface area contributed by atoms with E-state index in [2.05, 4.69) is 0 Å². The highest BCUT2D eigenvalue weighted by Gasteiger charge is 2.16. The minimum absolute atomic E-state index is 0.159. The molecule has 1 saturated carbocycles. The van der Waals surface area contributed by atoms with Crippen molar-refractivity contribution in [3.63, 3.8) is 0 Å². The molecule has 2 nitrogen and oxygen atoms in total. The molecular weight excluding hydrogens is 162 g/mol. The van der Waals surface area contributed by atoms with Crippen LogP contribution >= 0.6 is 0 Å². The van der Waals surface area contributed by atoms with E-state index in [0.29, 0.717) is 6.04 Å². The molecule has 0 atom stereocenters. The lowest BCUT2D eigenvalue weighted by molar-refractivity contribution is 0.502. The van der Waals surface area contributed by atoms with Crippen LogP contribution in [0.1, 0.15) is 37.3 Å². The summed E-state index contributed by atoms with van der Waals surface area (Å²) in [4.78, 5) is 11.6. The molecule has 1 heterocycles. The summed E-state index contributed by atoms with van der Waals surface area (Å²) in [5.41, 5.74) is 1.21. The van der Waals surface area contributed by atoms with E-state index in [1.54, 1.807) is 6.07 Å². The monoisotopic (exact) mass is 177 g/mol. The van der Waals surface area contributed by atoms with Crippen LogP contribution in [0, 0.1) is 6.92 Å². The van der Waals surface area contributed by atoms with Crippen molar-refractivity contribution in [3.8, 4) is 0 Å². The maximum Gasteiger partial charge on any atom is 0.251 e. The minimum atomic E-state index is 0.159. The van der Waals surface area contributed by atoms with E-state index in [1.807, 2.05) is 23.8 Å². The van der Waals surface area contributed by atoms with Crippen molar-refractivity contribution < 1.29 is 0 Å². The molecule has 0 amide bonds. The van der Waals surface area contributed by atoms with Crippen LogP contribution < -0.4 is 5.56 Å². The van der Waals surface area contributed by atoms with E-state index in [0.717, 1.165) is 5.56 Å². The molecule has 1 aromatic rings. The molecule has 0 bridgehead atoms. The van der Waals surface area contributed by atoms with Gasteiger partial charge in [-0.05, 0) is 31.4 Å². The zero-order valence-electron chi connectivity index (χ0n) is 7.99. The van der Waals surface area contributed by atoms with Crippen LogP contribution in [0.25, 0.3) is 0 Å². The van der Waals surface area contributed by atoms with E-state index in [-0.39, 0.29) is 5.56 Å². The summed E-state index contributed by atoms with van der Waals surface area (Å²) in [7, 11) is 0. The maximum absolute atomic E-state index is 11.6.